The van der Waals surface area contributed by atoms with Crippen molar-refractivity contribution < 1.29 is 19.1 Å². The summed E-state index contributed by atoms with van der Waals surface area (Å²) < 4.78 is 11.7. The number of ether oxygens (including phenoxy) is 2. The van der Waals surface area contributed by atoms with Crippen molar-refractivity contribution in [1.29, 1.82) is 0 Å². The van der Waals surface area contributed by atoms with E-state index in [1.807, 2.05) is 0 Å². The predicted octanol–water partition coefficient (Wildman–Crippen LogP) is 7.60. The average Bonchev–Trinajstić information content (AvgIpc) is 3.14. The third-order valence-electron chi connectivity index (χ3n) is 11.7. The molecular weight excluding hydrogens is 448 g/mol. The molecule has 36 heavy (non-hydrogen) atoms. The van der Waals surface area contributed by atoms with Crippen molar-refractivity contribution in [2.45, 2.75) is 119 Å². The number of carbonyl (C=O) groups excluding carboxylic acids is 2. The standard InChI is InChI=1S/C32H52O4/c1-19(2)20(3)9-10-21(4)26-11-12-27-25-18-30(36-23(6)34)29-17-24(35-22(5)33)13-15-32(29,8)28(25)14-16-31(26,27)7/h9-10,19-21,24-30H,11-18H2,1-8H3/b10-9+/t20-,21+,24?,25?,26?,27?,28?,29?,30?,31?,32-/m0/s1. The van der Waals surface area contributed by atoms with Gasteiger partial charge < -0.3 is 9.47 Å². The van der Waals surface area contributed by atoms with Crippen molar-refractivity contribution in [2.24, 2.45) is 58.2 Å². The first-order valence-electron chi connectivity index (χ1n) is 14.9. The van der Waals surface area contributed by atoms with Gasteiger partial charge in [0.25, 0.3) is 0 Å². The molecule has 0 saturated heterocycles. The second-order valence-electron chi connectivity index (χ2n) is 14.0. The smallest absolute Gasteiger partial charge is 0.302 e. The van der Waals surface area contributed by atoms with Gasteiger partial charge in [-0.3, -0.25) is 9.59 Å². The Labute approximate surface area is 220 Å². The predicted molar refractivity (Wildman–Crippen MR) is 144 cm³/mol. The molecule has 0 aromatic carbocycles. The molecule has 4 saturated carbocycles. The molecule has 0 bridgehead atoms. The van der Waals surface area contributed by atoms with Crippen LogP contribution < -0.4 is 0 Å². The van der Waals surface area contributed by atoms with E-state index in [0.717, 1.165) is 31.6 Å². The fourth-order valence-electron chi connectivity index (χ4n) is 9.53. The molecule has 0 amide bonds. The average molecular weight is 501 g/mol. The largest absolute Gasteiger partial charge is 0.463 e. The van der Waals surface area contributed by atoms with Gasteiger partial charge >= 0.3 is 11.9 Å². The lowest BCUT2D eigenvalue weighted by Gasteiger charge is -2.62. The first-order chi connectivity index (χ1) is 16.9. The minimum atomic E-state index is -0.197. The molecule has 4 heteroatoms. The summed E-state index contributed by atoms with van der Waals surface area (Å²) in [4.78, 5) is 23.9. The van der Waals surface area contributed by atoms with Gasteiger partial charge in [-0.2, -0.15) is 0 Å². The van der Waals surface area contributed by atoms with E-state index < -0.39 is 0 Å². The zero-order valence-electron chi connectivity index (χ0n) is 24.2. The minimum absolute atomic E-state index is 0.0410. The van der Waals surface area contributed by atoms with Crippen LogP contribution in [0.5, 0.6) is 0 Å². The normalized spacial score (nSPS) is 43.9. The van der Waals surface area contributed by atoms with E-state index in [4.69, 9.17) is 9.47 Å². The maximum Gasteiger partial charge on any atom is 0.302 e. The Morgan fingerprint density at radius 3 is 2.06 bits per heavy atom. The lowest BCUT2D eigenvalue weighted by atomic mass is 9.43. The summed E-state index contributed by atoms with van der Waals surface area (Å²) in [6, 6.07) is 0. The Kier molecular flexibility index (Phi) is 8.04. The fourth-order valence-corrected chi connectivity index (χ4v) is 9.53. The van der Waals surface area contributed by atoms with Gasteiger partial charge in [0, 0.05) is 19.8 Å². The molecule has 4 rings (SSSR count). The molecule has 0 aliphatic heterocycles. The summed E-state index contributed by atoms with van der Waals surface area (Å²) >= 11 is 0. The Morgan fingerprint density at radius 2 is 1.42 bits per heavy atom. The lowest BCUT2D eigenvalue weighted by molar-refractivity contribution is -0.196. The van der Waals surface area contributed by atoms with E-state index >= 15 is 0 Å². The van der Waals surface area contributed by atoms with Gasteiger partial charge in [-0.1, -0.05) is 53.7 Å². The number of hydrogen-bond donors (Lipinski definition) is 0. The van der Waals surface area contributed by atoms with Gasteiger partial charge in [-0.15, -0.1) is 0 Å². The highest BCUT2D eigenvalue weighted by molar-refractivity contribution is 5.66. The molecule has 204 valence electrons. The molecule has 4 aliphatic rings. The van der Waals surface area contributed by atoms with E-state index in [9.17, 15) is 9.59 Å². The highest BCUT2D eigenvalue weighted by Gasteiger charge is 2.63. The molecule has 0 N–H and O–H groups in total. The van der Waals surface area contributed by atoms with Crippen LogP contribution in [0.25, 0.3) is 0 Å². The van der Waals surface area contributed by atoms with Gasteiger partial charge in [0.2, 0.25) is 0 Å². The Bertz CT molecular complexity index is 847. The number of allylic oxidation sites excluding steroid dienone is 2. The summed E-state index contributed by atoms with van der Waals surface area (Å²) in [5, 5.41) is 0. The second kappa shape index (κ2) is 10.4. The van der Waals surface area contributed by atoms with Crippen LogP contribution in [0, 0.1) is 58.2 Å². The topological polar surface area (TPSA) is 52.6 Å². The Morgan fingerprint density at radius 1 is 0.778 bits per heavy atom. The quantitative estimate of drug-likeness (QED) is 0.278. The zero-order valence-corrected chi connectivity index (χ0v) is 24.2. The van der Waals surface area contributed by atoms with Crippen LogP contribution in [0.4, 0.5) is 0 Å². The van der Waals surface area contributed by atoms with Crippen molar-refractivity contribution >= 4 is 11.9 Å². The molecular formula is C32H52O4. The fraction of sp³-hybridized carbons (Fsp3) is 0.875. The molecule has 0 heterocycles. The maximum absolute atomic E-state index is 12.2. The summed E-state index contributed by atoms with van der Waals surface area (Å²) in [6.45, 7) is 17.5. The number of hydrogen-bond acceptors (Lipinski definition) is 4. The number of fused-ring (bicyclic) bond motifs is 5. The summed E-state index contributed by atoms with van der Waals surface area (Å²) in [7, 11) is 0. The van der Waals surface area contributed by atoms with Crippen LogP contribution in [0.3, 0.4) is 0 Å². The highest BCUT2D eigenvalue weighted by Crippen LogP contribution is 2.68. The van der Waals surface area contributed by atoms with Crippen molar-refractivity contribution in [3.8, 4) is 0 Å². The van der Waals surface area contributed by atoms with Gasteiger partial charge in [0.05, 0.1) is 0 Å². The van der Waals surface area contributed by atoms with Crippen LogP contribution in [-0.4, -0.2) is 24.1 Å². The second-order valence-corrected chi connectivity index (χ2v) is 14.0. The highest BCUT2D eigenvalue weighted by atomic mass is 16.5. The van der Waals surface area contributed by atoms with E-state index in [1.54, 1.807) is 6.92 Å². The molecule has 0 aromatic rings. The van der Waals surface area contributed by atoms with Crippen LogP contribution in [0.2, 0.25) is 0 Å². The van der Waals surface area contributed by atoms with Crippen molar-refractivity contribution in [2.75, 3.05) is 0 Å². The van der Waals surface area contributed by atoms with Crippen LogP contribution in [0.1, 0.15) is 107 Å². The van der Waals surface area contributed by atoms with Gasteiger partial charge in [0.1, 0.15) is 12.2 Å². The van der Waals surface area contributed by atoms with E-state index in [2.05, 4.69) is 53.7 Å². The monoisotopic (exact) mass is 500 g/mol. The molecule has 4 aliphatic carbocycles. The maximum atomic E-state index is 12.2. The summed E-state index contributed by atoms with van der Waals surface area (Å²) in [5.74, 6) is 4.56. The summed E-state index contributed by atoms with van der Waals surface area (Å²) in [6.07, 6.45) is 13.9. The van der Waals surface area contributed by atoms with Gasteiger partial charge in [0.15, 0.2) is 0 Å². The number of rotatable bonds is 6. The SMILES string of the molecule is CC(=O)OC1CC[C@]2(C)C(C1)C(OC(C)=O)CC1C3CCC([C@H](C)/C=C/[C@H](C)C(C)C)C3(C)CCC12. The Balaban J connectivity index is 1.57. The van der Waals surface area contributed by atoms with Crippen LogP contribution in [0.15, 0.2) is 12.2 Å². The van der Waals surface area contributed by atoms with E-state index in [1.165, 1.54) is 32.6 Å². The first-order valence-corrected chi connectivity index (χ1v) is 14.9. The molecule has 11 atom stereocenters. The van der Waals surface area contributed by atoms with Gasteiger partial charge in [-0.25, -0.2) is 0 Å². The first kappa shape index (κ1) is 27.7. The van der Waals surface area contributed by atoms with Crippen molar-refractivity contribution in [1.82, 2.24) is 0 Å². The molecule has 0 aromatic heterocycles. The van der Waals surface area contributed by atoms with Crippen LogP contribution >= 0.6 is 0 Å². The number of esters is 2. The molecule has 0 spiro atoms. The van der Waals surface area contributed by atoms with Crippen molar-refractivity contribution in [3.05, 3.63) is 12.2 Å². The molecule has 8 unspecified atom stereocenters. The minimum Gasteiger partial charge on any atom is -0.463 e. The van der Waals surface area contributed by atoms with E-state index in [0.29, 0.717) is 40.9 Å². The summed E-state index contributed by atoms with van der Waals surface area (Å²) in [5.41, 5.74) is 0.516. The zero-order chi connectivity index (χ0) is 26.4. The lowest BCUT2D eigenvalue weighted by Crippen LogP contribution is -2.59. The van der Waals surface area contributed by atoms with E-state index in [-0.39, 0.29) is 35.5 Å². The molecule has 4 fully saturated rings. The third kappa shape index (κ3) is 5.04. The number of carbonyl (C=O) groups is 2. The Hall–Kier alpha value is -1.32. The van der Waals surface area contributed by atoms with Gasteiger partial charge in [-0.05, 0) is 104 Å². The van der Waals surface area contributed by atoms with Crippen molar-refractivity contribution in [3.63, 3.8) is 0 Å². The molecule has 4 nitrogen and oxygen atoms in total. The third-order valence-corrected chi connectivity index (χ3v) is 11.7. The molecule has 0 radical (unpaired) electrons. The van der Waals surface area contributed by atoms with Crippen LogP contribution in [-0.2, 0) is 19.1 Å².